The van der Waals surface area contributed by atoms with Crippen LogP contribution in [0.25, 0.3) is 0 Å². The number of halogens is 3. The molecule has 1 unspecified atom stereocenters. The average molecular weight is 283 g/mol. The van der Waals surface area contributed by atoms with E-state index >= 15 is 0 Å². The van der Waals surface area contributed by atoms with Gasteiger partial charge in [0.2, 0.25) is 0 Å². The molecule has 1 atom stereocenters. The minimum atomic E-state index is -4.37. The van der Waals surface area contributed by atoms with Gasteiger partial charge in [-0.2, -0.15) is 13.2 Å². The summed E-state index contributed by atoms with van der Waals surface area (Å²) in [5, 5.41) is 3.14. The molecular formula is C15H16F3NO. The lowest BCUT2D eigenvalue weighted by Crippen LogP contribution is -2.25. The first-order valence-electron chi connectivity index (χ1n) is 6.45. The molecule has 1 heterocycles. The van der Waals surface area contributed by atoms with Crippen LogP contribution < -0.4 is 5.32 Å². The van der Waals surface area contributed by atoms with Crippen molar-refractivity contribution in [2.45, 2.75) is 25.6 Å². The lowest BCUT2D eigenvalue weighted by molar-refractivity contribution is -0.138. The predicted octanol–water partition coefficient (Wildman–Crippen LogP) is 4.39. The fraction of sp³-hybridized carbons (Fsp3) is 0.333. The molecule has 1 aromatic heterocycles. The molecular weight excluding hydrogens is 267 g/mol. The minimum Gasteiger partial charge on any atom is -0.472 e. The number of hydrogen-bond donors (Lipinski definition) is 1. The first-order chi connectivity index (χ1) is 9.54. The molecule has 0 aliphatic rings. The number of furan rings is 1. The third-order valence-corrected chi connectivity index (χ3v) is 3.05. The summed E-state index contributed by atoms with van der Waals surface area (Å²) in [6.07, 6.45) is -0.596. The lowest BCUT2D eigenvalue weighted by Gasteiger charge is -2.22. The van der Waals surface area contributed by atoms with Gasteiger partial charge in [0.15, 0.2) is 0 Å². The monoisotopic (exact) mass is 283 g/mol. The quantitative estimate of drug-likeness (QED) is 0.880. The van der Waals surface area contributed by atoms with E-state index in [2.05, 4.69) is 5.32 Å². The highest BCUT2D eigenvalue weighted by atomic mass is 19.4. The van der Waals surface area contributed by atoms with Crippen LogP contribution in [-0.4, -0.2) is 6.54 Å². The van der Waals surface area contributed by atoms with Crippen molar-refractivity contribution in [2.75, 3.05) is 6.54 Å². The van der Waals surface area contributed by atoms with E-state index in [1.54, 1.807) is 12.1 Å². The van der Waals surface area contributed by atoms with Crippen LogP contribution in [0.15, 0.2) is 47.3 Å². The van der Waals surface area contributed by atoms with Crippen molar-refractivity contribution in [1.82, 2.24) is 5.32 Å². The van der Waals surface area contributed by atoms with Gasteiger partial charge in [-0.25, -0.2) is 0 Å². The Morgan fingerprint density at radius 1 is 1.20 bits per heavy atom. The van der Waals surface area contributed by atoms with Crippen molar-refractivity contribution in [3.8, 4) is 0 Å². The zero-order valence-electron chi connectivity index (χ0n) is 11.1. The largest absolute Gasteiger partial charge is 0.472 e. The molecule has 20 heavy (non-hydrogen) atoms. The molecule has 2 aromatic rings. The standard InChI is InChI=1S/C15H16F3NO/c1-2-8-19-14(11-7-9-20-10-11)12-5-3-4-6-13(12)15(16,17)18/h3-7,9-10,14,19H,2,8H2,1H3. The SMILES string of the molecule is CCCNC(c1ccoc1)c1ccccc1C(F)(F)F. The van der Waals surface area contributed by atoms with Crippen LogP contribution in [0.5, 0.6) is 0 Å². The molecule has 108 valence electrons. The first-order valence-corrected chi connectivity index (χ1v) is 6.45. The summed E-state index contributed by atoms with van der Waals surface area (Å²) in [5.41, 5.74) is 0.291. The summed E-state index contributed by atoms with van der Waals surface area (Å²) in [6, 6.07) is 6.79. The molecule has 0 saturated carbocycles. The Morgan fingerprint density at radius 2 is 1.95 bits per heavy atom. The van der Waals surface area contributed by atoms with Crippen molar-refractivity contribution in [2.24, 2.45) is 0 Å². The van der Waals surface area contributed by atoms with Crippen LogP contribution in [0.4, 0.5) is 13.2 Å². The fourth-order valence-corrected chi connectivity index (χ4v) is 2.14. The summed E-state index contributed by atoms with van der Waals surface area (Å²) < 4.78 is 44.4. The highest BCUT2D eigenvalue weighted by Gasteiger charge is 2.35. The summed E-state index contributed by atoms with van der Waals surface area (Å²) in [7, 11) is 0. The van der Waals surface area contributed by atoms with E-state index in [0.717, 1.165) is 12.5 Å². The normalized spacial score (nSPS) is 13.4. The molecule has 2 rings (SSSR count). The molecule has 5 heteroatoms. The van der Waals surface area contributed by atoms with Gasteiger partial charge in [-0.05, 0) is 30.7 Å². The van der Waals surface area contributed by atoms with Gasteiger partial charge in [0.05, 0.1) is 24.1 Å². The smallest absolute Gasteiger partial charge is 0.416 e. The lowest BCUT2D eigenvalue weighted by atomic mass is 9.95. The molecule has 0 saturated heterocycles. The third kappa shape index (κ3) is 3.22. The summed E-state index contributed by atoms with van der Waals surface area (Å²) >= 11 is 0. The van der Waals surface area contributed by atoms with Crippen molar-refractivity contribution in [3.63, 3.8) is 0 Å². The molecule has 0 aliphatic carbocycles. The molecule has 0 radical (unpaired) electrons. The number of benzene rings is 1. The van der Waals surface area contributed by atoms with Gasteiger partial charge < -0.3 is 9.73 Å². The van der Waals surface area contributed by atoms with E-state index < -0.39 is 17.8 Å². The topological polar surface area (TPSA) is 25.2 Å². The second-order valence-electron chi connectivity index (χ2n) is 4.53. The Hall–Kier alpha value is -1.75. The van der Waals surface area contributed by atoms with Crippen molar-refractivity contribution < 1.29 is 17.6 Å². The van der Waals surface area contributed by atoms with E-state index in [4.69, 9.17) is 4.42 Å². The number of rotatable bonds is 5. The van der Waals surface area contributed by atoms with Crippen molar-refractivity contribution in [3.05, 3.63) is 59.5 Å². The number of hydrogen-bond acceptors (Lipinski definition) is 2. The number of alkyl halides is 3. The van der Waals surface area contributed by atoms with E-state index in [1.807, 2.05) is 6.92 Å². The van der Waals surface area contributed by atoms with Gasteiger partial charge in [0.1, 0.15) is 0 Å². The molecule has 0 bridgehead atoms. The van der Waals surface area contributed by atoms with E-state index in [-0.39, 0.29) is 5.56 Å². The Morgan fingerprint density at radius 3 is 2.55 bits per heavy atom. The summed E-state index contributed by atoms with van der Waals surface area (Å²) in [4.78, 5) is 0. The Labute approximate surface area is 115 Å². The van der Waals surface area contributed by atoms with Crippen LogP contribution in [0, 0.1) is 0 Å². The fourth-order valence-electron chi connectivity index (χ4n) is 2.14. The van der Waals surface area contributed by atoms with Crippen LogP contribution in [-0.2, 0) is 6.18 Å². The Balaban J connectivity index is 2.44. The van der Waals surface area contributed by atoms with Crippen molar-refractivity contribution in [1.29, 1.82) is 0 Å². The second-order valence-corrected chi connectivity index (χ2v) is 4.53. The molecule has 0 aliphatic heterocycles. The third-order valence-electron chi connectivity index (χ3n) is 3.05. The van der Waals surface area contributed by atoms with Gasteiger partial charge in [-0.15, -0.1) is 0 Å². The average Bonchev–Trinajstić information content (AvgIpc) is 2.92. The highest BCUT2D eigenvalue weighted by Crippen LogP contribution is 2.36. The van der Waals surface area contributed by atoms with Crippen LogP contribution in [0.3, 0.4) is 0 Å². The number of nitrogens with one attached hydrogen (secondary N) is 1. The zero-order valence-corrected chi connectivity index (χ0v) is 11.1. The molecule has 0 fully saturated rings. The maximum absolute atomic E-state index is 13.1. The van der Waals surface area contributed by atoms with E-state index in [1.165, 1.54) is 24.7 Å². The maximum Gasteiger partial charge on any atom is 0.416 e. The van der Waals surface area contributed by atoms with Crippen LogP contribution in [0.2, 0.25) is 0 Å². The molecule has 2 nitrogen and oxygen atoms in total. The predicted molar refractivity (Wildman–Crippen MR) is 70.3 cm³/mol. The van der Waals surface area contributed by atoms with Gasteiger partial charge in [-0.3, -0.25) is 0 Å². The summed E-state index contributed by atoms with van der Waals surface area (Å²) in [5.74, 6) is 0. The van der Waals surface area contributed by atoms with Crippen LogP contribution in [0.1, 0.15) is 36.1 Å². The molecule has 1 aromatic carbocycles. The molecule has 0 spiro atoms. The van der Waals surface area contributed by atoms with Crippen molar-refractivity contribution >= 4 is 0 Å². The zero-order chi connectivity index (χ0) is 14.6. The second kappa shape index (κ2) is 6.13. The Kier molecular flexibility index (Phi) is 4.49. The van der Waals surface area contributed by atoms with Gasteiger partial charge in [0.25, 0.3) is 0 Å². The minimum absolute atomic E-state index is 0.217. The maximum atomic E-state index is 13.1. The Bertz CT molecular complexity index is 534. The van der Waals surface area contributed by atoms with Gasteiger partial charge in [-0.1, -0.05) is 25.1 Å². The molecule has 0 amide bonds. The highest BCUT2D eigenvalue weighted by molar-refractivity contribution is 5.37. The summed E-state index contributed by atoms with van der Waals surface area (Å²) in [6.45, 7) is 2.59. The first kappa shape index (κ1) is 14.7. The van der Waals surface area contributed by atoms with E-state index in [9.17, 15) is 13.2 Å². The van der Waals surface area contributed by atoms with Crippen LogP contribution >= 0.6 is 0 Å². The molecule has 1 N–H and O–H groups in total. The van der Waals surface area contributed by atoms with E-state index in [0.29, 0.717) is 12.1 Å². The van der Waals surface area contributed by atoms with Gasteiger partial charge >= 0.3 is 6.18 Å². The van der Waals surface area contributed by atoms with Gasteiger partial charge in [0, 0.05) is 5.56 Å².